The Morgan fingerprint density at radius 2 is 2.13 bits per heavy atom. The minimum Gasteiger partial charge on any atom is -0.487 e. The zero-order valence-electron chi connectivity index (χ0n) is 13.6. The van der Waals surface area contributed by atoms with Crippen LogP contribution in [0.15, 0.2) is 30.3 Å². The van der Waals surface area contributed by atoms with Crippen molar-refractivity contribution >= 4 is 5.91 Å². The van der Waals surface area contributed by atoms with Crippen LogP contribution >= 0.6 is 0 Å². The molecule has 1 aromatic heterocycles. The van der Waals surface area contributed by atoms with Crippen LogP contribution in [0.5, 0.6) is 5.75 Å². The molecule has 2 heterocycles. The van der Waals surface area contributed by atoms with Gasteiger partial charge in [0.15, 0.2) is 0 Å². The number of hydrogen-bond acceptors (Lipinski definition) is 4. The van der Waals surface area contributed by atoms with Crippen LogP contribution in [-0.2, 0) is 31.4 Å². The number of para-hydroxylation sites is 1. The zero-order valence-corrected chi connectivity index (χ0v) is 13.6. The maximum absolute atomic E-state index is 12.1. The van der Waals surface area contributed by atoms with E-state index in [1.165, 1.54) is 5.69 Å². The van der Waals surface area contributed by atoms with Gasteiger partial charge in [-0.15, -0.1) is 0 Å². The van der Waals surface area contributed by atoms with Gasteiger partial charge in [0.25, 0.3) is 0 Å². The first-order chi connectivity index (χ1) is 11.2. The number of aromatic nitrogens is 2. The molecule has 0 radical (unpaired) electrons. The van der Waals surface area contributed by atoms with Gasteiger partial charge >= 0.3 is 0 Å². The second kappa shape index (κ2) is 6.83. The van der Waals surface area contributed by atoms with Crippen LogP contribution in [0, 0.1) is 0 Å². The Balaban J connectivity index is 1.74. The second-order valence-electron chi connectivity index (χ2n) is 5.69. The van der Waals surface area contributed by atoms with Crippen molar-refractivity contribution in [2.75, 3.05) is 20.1 Å². The predicted molar refractivity (Wildman–Crippen MR) is 87.0 cm³/mol. The Bertz CT molecular complexity index is 681. The van der Waals surface area contributed by atoms with Crippen molar-refractivity contribution in [2.45, 2.75) is 19.6 Å². The highest BCUT2D eigenvalue weighted by atomic mass is 16.5. The summed E-state index contributed by atoms with van der Waals surface area (Å²) in [5.41, 5.74) is 3.23. The Hall–Kier alpha value is -2.34. The summed E-state index contributed by atoms with van der Waals surface area (Å²) in [5, 5.41) is 7.50. The molecule has 23 heavy (non-hydrogen) atoms. The van der Waals surface area contributed by atoms with Crippen molar-refractivity contribution in [2.24, 2.45) is 7.05 Å². The van der Waals surface area contributed by atoms with E-state index in [2.05, 4.69) is 10.4 Å². The van der Waals surface area contributed by atoms with E-state index in [0.717, 1.165) is 30.0 Å². The van der Waals surface area contributed by atoms with E-state index >= 15 is 0 Å². The summed E-state index contributed by atoms with van der Waals surface area (Å²) < 4.78 is 7.74. The monoisotopic (exact) mass is 314 g/mol. The molecule has 6 heteroatoms. The fourth-order valence-electron chi connectivity index (χ4n) is 2.93. The average Bonchev–Trinajstić information content (AvgIpc) is 2.90. The van der Waals surface area contributed by atoms with Gasteiger partial charge in [-0.05, 0) is 19.2 Å². The molecule has 0 bridgehead atoms. The third-order valence-electron chi connectivity index (χ3n) is 4.12. The molecule has 0 spiro atoms. The van der Waals surface area contributed by atoms with E-state index in [1.54, 1.807) is 7.05 Å². The number of benzene rings is 1. The average molecular weight is 314 g/mol. The normalized spacial score (nSPS) is 13.7. The third-order valence-corrected chi connectivity index (χ3v) is 4.12. The topological polar surface area (TPSA) is 59.4 Å². The molecule has 1 aliphatic rings. The molecule has 0 saturated heterocycles. The first kappa shape index (κ1) is 15.6. The van der Waals surface area contributed by atoms with Crippen LogP contribution in [0.4, 0.5) is 0 Å². The maximum atomic E-state index is 12.1. The van der Waals surface area contributed by atoms with Gasteiger partial charge in [-0.1, -0.05) is 18.2 Å². The molecule has 0 aliphatic carbocycles. The summed E-state index contributed by atoms with van der Waals surface area (Å²) in [4.78, 5) is 14.0. The zero-order chi connectivity index (χ0) is 16.2. The van der Waals surface area contributed by atoms with Gasteiger partial charge in [0.2, 0.25) is 5.91 Å². The number of rotatable bonds is 5. The van der Waals surface area contributed by atoms with Gasteiger partial charge in [-0.3, -0.25) is 9.48 Å². The lowest BCUT2D eigenvalue weighted by molar-refractivity contribution is -0.131. The third kappa shape index (κ3) is 3.37. The molecule has 6 nitrogen and oxygen atoms in total. The number of hydrogen-bond donors (Lipinski definition) is 1. The number of nitrogens with one attached hydrogen (secondary N) is 1. The molecule has 2 aromatic rings. The summed E-state index contributed by atoms with van der Waals surface area (Å²) in [5.74, 6) is 0.947. The first-order valence-corrected chi connectivity index (χ1v) is 7.83. The highest BCUT2D eigenvalue weighted by Crippen LogP contribution is 2.23. The lowest BCUT2D eigenvalue weighted by atomic mass is 10.1. The Morgan fingerprint density at radius 1 is 1.35 bits per heavy atom. The second-order valence-corrected chi connectivity index (χ2v) is 5.69. The number of amides is 1. The molecular weight excluding hydrogens is 292 g/mol. The van der Waals surface area contributed by atoms with Crippen molar-refractivity contribution in [3.05, 3.63) is 47.3 Å². The van der Waals surface area contributed by atoms with E-state index in [-0.39, 0.29) is 5.91 Å². The van der Waals surface area contributed by atoms with Crippen molar-refractivity contribution in [1.82, 2.24) is 20.0 Å². The fourth-order valence-corrected chi connectivity index (χ4v) is 2.93. The van der Waals surface area contributed by atoms with Crippen LogP contribution in [-0.4, -0.2) is 40.7 Å². The molecule has 0 unspecified atom stereocenters. The molecule has 0 fully saturated rings. The van der Waals surface area contributed by atoms with Crippen molar-refractivity contribution in [3.8, 4) is 5.75 Å². The summed E-state index contributed by atoms with van der Waals surface area (Å²) in [6.45, 7) is 2.13. The van der Waals surface area contributed by atoms with E-state index in [1.807, 2.05) is 47.0 Å². The van der Waals surface area contributed by atoms with Gasteiger partial charge in [0.1, 0.15) is 18.1 Å². The summed E-state index contributed by atoms with van der Waals surface area (Å²) >= 11 is 0. The number of likely N-dealkylation sites (N-methyl/N-ethyl adjacent to an activating group) is 1. The molecule has 1 amide bonds. The van der Waals surface area contributed by atoms with Gasteiger partial charge in [-0.25, -0.2) is 0 Å². The molecular formula is C17H22N4O2. The molecule has 1 N–H and O–H groups in total. The number of carbonyl (C=O) groups is 1. The Morgan fingerprint density at radius 3 is 2.87 bits per heavy atom. The van der Waals surface area contributed by atoms with E-state index in [9.17, 15) is 4.79 Å². The van der Waals surface area contributed by atoms with E-state index < -0.39 is 0 Å². The lowest BCUT2D eigenvalue weighted by Crippen LogP contribution is -2.40. The number of nitrogens with zero attached hydrogens (tertiary/aromatic N) is 3. The van der Waals surface area contributed by atoms with Gasteiger partial charge in [0, 0.05) is 37.8 Å². The largest absolute Gasteiger partial charge is 0.487 e. The highest BCUT2D eigenvalue weighted by molar-refractivity contribution is 5.78. The molecule has 3 rings (SSSR count). The smallest absolute Gasteiger partial charge is 0.236 e. The fraction of sp³-hybridized carbons (Fsp3) is 0.412. The quantitative estimate of drug-likeness (QED) is 0.898. The van der Waals surface area contributed by atoms with Crippen LogP contribution in [0.3, 0.4) is 0 Å². The first-order valence-electron chi connectivity index (χ1n) is 7.83. The van der Waals surface area contributed by atoms with E-state index in [4.69, 9.17) is 4.74 Å². The molecule has 1 aliphatic heterocycles. The molecule has 1 aromatic carbocycles. The van der Waals surface area contributed by atoms with Crippen molar-refractivity contribution in [1.29, 1.82) is 0 Å². The number of aryl methyl sites for hydroxylation is 1. The van der Waals surface area contributed by atoms with Crippen LogP contribution in [0.1, 0.15) is 17.0 Å². The van der Waals surface area contributed by atoms with Gasteiger partial charge in [0.05, 0.1) is 6.54 Å². The Labute approximate surface area is 136 Å². The minimum atomic E-state index is 0.122. The van der Waals surface area contributed by atoms with Gasteiger partial charge < -0.3 is 15.0 Å². The minimum absolute atomic E-state index is 0.122. The van der Waals surface area contributed by atoms with Crippen molar-refractivity contribution in [3.63, 3.8) is 0 Å². The standard InChI is InChI=1S/C17H22N4O2/c1-18-10-17(22)21-9-8-16-14(11-21)15(19-20(16)2)12-23-13-6-4-3-5-7-13/h3-7,18H,8-12H2,1-2H3. The summed E-state index contributed by atoms with van der Waals surface area (Å²) in [6.07, 6.45) is 0.833. The molecule has 0 saturated carbocycles. The van der Waals surface area contributed by atoms with Crippen molar-refractivity contribution < 1.29 is 9.53 Å². The molecule has 0 atom stereocenters. The maximum Gasteiger partial charge on any atom is 0.236 e. The van der Waals surface area contributed by atoms with E-state index in [0.29, 0.717) is 19.7 Å². The SMILES string of the molecule is CNCC(=O)N1CCc2c(c(COc3ccccc3)nn2C)C1. The number of fused-ring (bicyclic) bond motifs is 1. The summed E-state index contributed by atoms with van der Waals surface area (Å²) in [6, 6.07) is 9.71. The predicted octanol–water partition coefficient (Wildman–Crippen LogP) is 1.10. The summed E-state index contributed by atoms with van der Waals surface area (Å²) in [7, 11) is 3.74. The Kier molecular flexibility index (Phi) is 4.62. The number of carbonyl (C=O) groups excluding carboxylic acids is 1. The molecule has 122 valence electrons. The van der Waals surface area contributed by atoms with Crippen LogP contribution < -0.4 is 10.1 Å². The van der Waals surface area contributed by atoms with Crippen LogP contribution in [0.25, 0.3) is 0 Å². The van der Waals surface area contributed by atoms with Gasteiger partial charge in [-0.2, -0.15) is 5.10 Å². The van der Waals surface area contributed by atoms with Crippen LogP contribution in [0.2, 0.25) is 0 Å². The number of ether oxygens (including phenoxy) is 1. The lowest BCUT2D eigenvalue weighted by Gasteiger charge is -2.27. The highest BCUT2D eigenvalue weighted by Gasteiger charge is 2.26.